The molecule has 75 valence electrons. The van der Waals surface area contributed by atoms with E-state index in [1.54, 1.807) is 6.07 Å². The maximum absolute atomic E-state index is 12.2. The minimum Gasteiger partial charge on any atom is -0.206 e. The van der Waals surface area contributed by atoms with Crippen molar-refractivity contribution in [1.29, 1.82) is 0 Å². The Morgan fingerprint density at radius 1 is 1.08 bits per heavy atom. The standard InChI is InChI=1S/C6H3F6S/c7-5-2-1-3-6(4-5)13(8,9,10,11)12/h1,3-4H. The Balaban J connectivity index is 3.41. The molecule has 1 aromatic carbocycles. The van der Waals surface area contributed by atoms with Crippen molar-refractivity contribution in [3.05, 3.63) is 30.1 Å². The minimum absolute atomic E-state index is 0.0879. The van der Waals surface area contributed by atoms with Gasteiger partial charge in [-0.1, -0.05) is 19.4 Å². The summed E-state index contributed by atoms with van der Waals surface area (Å²) in [5.74, 6) is -1.47. The molecule has 0 nitrogen and oxygen atoms in total. The van der Waals surface area contributed by atoms with Crippen LogP contribution in [-0.2, 0) is 0 Å². The topological polar surface area (TPSA) is 0 Å². The van der Waals surface area contributed by atoms with Crippen molar-refractivity contribution in [1.82, 2.24) is 0 Å². The lowest BCUT2D eigenvalue weighted by Crippen LogP contribution is -2.05. The van der Waals surface area contributed by atoms with Crippen molar-refractivity contribution in [3.8, 4) is 0 Å². The lowest BCUT2D eigenvalue weighted by atomic mass is 10.4. The molecule has 0 spiro atoms. The summed E-state index contributed by atoms with van der Waals surface area (Å²) >= 11 is 0. The normalized spacial score (nSPS) is 17.7. The van der Waals surface area contributed by atoms with Crippen LogP contribution in [0.1, 0.15) is 0 Å². The van der Waals surface area contributed by atoms with Crippen molar-refractivity contribution in [3.63, 3.8) is 0 Å². The third-order valence-electron chi connectivity index (χ3n) is 1.18. The quantitative estimate of drug-likeness (QED) is 0.621. The molecular formula is C6H3F6S. The highest BCUT2D eigenvalue weighted by atomic mass is 32.5. The molecule has 0 bridgehead atoms. The molecule has 13 heavy (non-hydrogen) atoms. The van der Waals surface area contributed by atoms with E-state index in [1.807, 2.05) is 0 Å². The van der Waals surface area contributed by atoms with Gasteiger partial charge in [0.25, 0.3) is 0 Å². The summed E-state index contributed by atoms with van der Waals surface area (Å²) in [5.41, 5.74) is 0. The Hall–Kier alpha value is -0.850. The van der Waals surface area contributed by atoms with Gasteiger partial charge in [0.15, 0.2) is 0 Å². The molecule has 0 atom stereocenters. The van der Waals surface area contributed by atoms with Crippen LogP contribution in [-0.4, -0.2) is 0 Å². The van der Waals surface area contributed by atoms with Crippen LogP contribution >= 0.6 is 10.2 Å². The first-order valence-electron chi connectivity index (χ1n) is 2.90. The van der Waals surface area contributed by atoms with Crippen molar-refractivity contribution in [2.45, 2.75) is 4.90 Å². The number of rotatable bonds is 1. The fourth-order valence-electron chi connectivity index (χ4n) is 0.658. The fourth-order valence-corrected chi connectivity index (χ4v) is 1.31. The number of hydrogen-bond donors (Lipinski definition) is 0. The van der Waals surface area contributed by atoms with Crippen molar-refractivity contribution in [2.75, 3.05) is 0 Å². The van der Waals surface area contributed by atoms with Crippen LogP contribution < -0.4 is 0 Å². The number of halogens is 6. The molecule has 7 heteroatoms. The summed E-state index contributed by atoms with van der Waals surface area (Å²) in [6.45, 7) is 0. The Bertz CT molecular complexity index is 338. The highest BCUT2D eigenvalue weighted by Crippen LogP contribution is 3.02. The zero-order valence-electron chi connectivity index (χ0n) is 5.91. The summed E-state index contributed by atoms with van der Waals surface area (Å²) in [6.07, 6.45) is 0. The van der Waals surface area contributed by atoms with E-state index in [4.69, 9.17) is 0 Å². The maximum atomic E-state index is 12.2. The van der Waals surface area contributed by atoms with Crippen LogP contribution in [0.3, 0.4) is 0 Å². The van der Waals surface area contributed by atoms with E-state index in [0.717, 1.165) is 0 Å². The van der Waals surface area contributed by atoms with Crippen molar-refractivity contribution >= 4 is 10.2 Å². The molecule has 0 heterocycles. The highest BCUT2D eigenvalue weighted by Gasteiger charge is 2.65. The van der Waals surface area contributed by atoms with Crippen LogP contribution in [0.2, 0.25) is 0 Å². The molecule has 0 aliphatic rings. The summed E-state index contributed by atoms with van der Waals surface area (Å²) in [7, 11) is -9.72. The van der Waals surface area contributed by atoms with Gasteiger partial charge < -0.3 is 0 Å². The first-order chi connectivity index (χ1) is 5.49. The molecule has 0 amide bonds. The van der Waals surface area contributed by atoms with Gasteiger partial charge in [0.1, 0.15) is 10.7 Å². The Morgan fingerprint density at radius 2 is 1.62 bits per heavy atom. The SMILES string of the molecule is Fc1[c]ccc(S(F)(F)(F)(F)F)c1. The van der Waals surface area contributed by atoms with E-state index in [-0.39, 0.29) is 12.1 Å². The van der Waals surface area contributed by atoms with Gasteiger partial charge in [0, 0.05) is 6.07 Å². The predicted molar refractivity (Wildman–Crippen MR) is 36.6 cm³/mol. The molecule has 0 aliphatic heterocycles. The Morgan fingerprint density at radius 3 is 1.92 bits per heavy atom. The van der Waals surface area contributed by atoms with E-state index in [1.165, 1.54) is 0 Å². The van der Waals surface area contributed by atoms with Gasteiger partial charge in [-0.05, 0) is 18.2 Å². The zero-order chi connectivity index (χ0) is 10.4. The average molecular weight is 221 g/mol. The molecule has 0 fully saturated rings. The first kappa shape index (κ1) is 10.2. The van der Waals surface area contributed by atoms with Crippen LogP contribution in [0.4, 0.5) is 23.8 Å². The van der Waals surface area contributed by atoms with E-state index >= 15 is 0 Å². The van der Waals surface area contributed by atoms with Gasteiger partial charge in [-0.2, -0.15) is 0 Å². The summed E-state index contributed by atoms with van der Waals surface area (Å²) in [5, 5.41) is 0. The third-order valence-corrected chi connectivity index (χ3v) is 2.33. The highest BCUT2D eigenvalue weighted by molar-refractivity contribution is 8.45. The van der Waals surface area contributed by atoms with Crippen LogP contribution in [0.5, 0.6) is 0 Å². The Labute approximate surface area is 69.9 Å². The van der Waals surface area contributed by atoms with Gasteiger partial charge in [-0.25, -0.2) is 4.39 Å². The second kappa shape index (κ2) is 1.97. The van der Waals surface area contributed by atoms with Crippen LogP contribution in [0, 0.1) is 11.9 Å². The molecule has 1 aromatic rings. The van der Waals surface area contributed by atoms with Crippen molar-refractivity contribution < 1.29 is 23.8 Å². The Kier molecular flexibility index (Phi) is 1.55. The van der Waals surface area contributed by atoms with Gasteiger partial charge in [0.05, 0.1) is 0 Å². The summed E-state index contributed by atoms with van der Waals surface area (Å²) in [4.78, 5) is -2.24. The minimum atomic E-state index is -9.72. The molecule has 1 radical (unpaired) electrons. The fraction of sp³-hybridized carbons (Fsp3) is 0. The van der Waals surface area contributed by atoms with Gasteiger partial charge in [-0.3, -0.25) is 0 Å². The molecule has 1 rings (SSSR count). The maximum Gasteiger partial charge on any atom is 0.310 e. The zero-order valence-corrected chi connectivity index (χ0v) is 6.72. The smallest absolute Gasteiger partial charge is 0.206 e. The molecule has 0 saturated heterocycles. The summed E-state index contributed by atoms with van der Waals surface area (Å²) < 4.78 is 71.9. The number of benzene rings is 1. The van der Waals surface area contributed by atoms with Gasteiger partial charge >= 0.3 is 10.2 Å². The summed E-state index contributed by atoms with van der Waals surface area (Å²) in [6, 6.07) is 1.97. The van der Waals surface area contributed by atoms with Gasteiger partial charge in [-0.15, -0.1) is 0 Å². The van der Waals surface area contributed by atoms with E-state index in [2.05, 4.69) is 0 Å². The second-order valence-electron chi connectivity index (χ2n) is 2.34. The lowest BCUT2D eigenvalue weighted by Gasteiger charge is -2.40. The second-order valence-corrected chi connectivity index (χ2v) is 4.75. The average Bonchev–Trinajstić information content (AvgIpc) is 1.82. The molecule has 0 saturated carbocycles. The van der Waals surface area contributed by atoms with Crippen LogP contribution in [0.15, 0.2) is 23.1 Å². The largest absolute Gasteiger partial charge is 0.310 e. The molecular weight excluding hydrogens is 218 g/mol. The molecule has 0 aliphatic carbocycles. The van der Waals surface area contributed by atoms with E-state index in [0.29, 0.717) is 6.07 Å². The van der Waals surface area contributed by atoms with Crippen LogP contribution in [0.25, 0.3) is 0 Å². The molecule has 0 aromatic heterocycles. The number of hydrogen-bond acceptors (Lipinski definition) is 0. The first-order valence-corrected chi connectivity index (χ1v) is 4.85. The van der Waals surface area contributed by atoms with E-state index in [9.17, 15) is 23.8 Å². The predicted octanol–water partition coefficient (Wildman–Crippen LogP) is 4.28. The molecule has 0 unspecified atom stereocenters. The van der Waals surface area contributed by atoms with Gasteiger partial charge in [0.2, 0.25) is 0 Å². The van der Waals surface area contributed by atoms with E-state index < -0.39 is 20.9 Å². The monoisotopic (exact) mass is 221 g/mol. The van der Waals surface area contributed by atoms with Crippen molar-refractivity contribution in [2.24, 2.45) is 0 Å². The lowest BCUT2D eigenvalue weighted by molar-refractivity contribution is 0.363. The molecule has 0 N–H and O–H groups in total. The third kappa shape index (κ3) is 2.55.